The van der Waals surface area contributed by atoms with Crippen molar-refractivity contribution in [2.24, 2.45) is 22.2 Å². The van der Waals surface area contributed by atoms with E-state index in [1.807, 2.05) is 7.05 Å². The molecule has 0 heterocycles. The molecule has 0 saturated heterocycles. The van der Waals surface area contributed by atoms with E-state index in [-0.39, 0.29) is 17.8 Å². The van der Waals surface area contributed by atoms with E-state index in [4.69, 9.17) is 10.9 Å². The van der Waals surface area contributed by atoms with E-state index in [0.717, 1.165) is 12.8 Å². The standard InChI is InChI=1S/C13H25N3O2/c1-5-10(6-2)16(4)12(17)13(11(14)15-18)7-9(3)8-13/h9-10,18H,5-8H2,1-4H3,(H2,14,15). The van der Waals surface area contributed by atoms with Gasteiger partial charge in [0, 0.05) is 13.1 Å². The molecule has 0 aromatic carbocycles. The summed E-state index contributed by atoms with van der Waals surface area (Å²) >= 11 is 0. The molecule has 0 spiro atoms. The van der Waals surface area contributed by atoms with E-state index >= 15 is 0 Å². The lowest BCUT2D eigenvalue weighted by molar-refractivity contribution is -0.145. The SMILES string of the molecule is CCC(CC)N(C)C(=O)C1(C(N)=NO)CC(C)C1. The van der Waals surface area contributed by atoms with Crippen LogP contribution in [0.25, 0.3) is 0 Å². The summed E-state index contributed by atoms with van der Waals surface area (Å²) in [5.41, 5.74) is 4.98. The molecule has 1 aliphatic carbocycles. The number of hydrogen-bond donors (Lipinski definition) is 2. The molecule has 104 valence electrons. The van der Waals surface area contributed by atoms with Gasteiger partial charge in [0.25, 0.3) is 0 Å². The summed E-state index contributed by atoms with van der Waals surface area (Å²) in [6, 6.07) is 0.219. The predicted octanol–water partition coefficient (Wildman–Crippen LogP) is 1.80. The maximum atomic E-state index is 12.6. The number of rotatable bonds is 5. The van der Waals surface area contributed by atoms with Crippen LogP contribution in [0.1, 0.15) is 46.5 Å². The molecule has 1 fully saturated rings. The molecule has 0 bridgehead atoms. The molecule has 1 rings (SSSR count). The van der Waals surface area contributed by atoms with Gasteiger partial charge in [0.1, 0.15) is 5.41 Å². The maximum Gasteiger partial charge on any atom is 0.236 e. The third-order valence-electron chi connectivity index (χ3n) is 4.21. The van der Waals surface area contributed by atoms with Crippen molar-refractivity contribution in [3.8, 4) is 0 Å². The van der Waals surface area contributed by atoms with E-state index in [1.54, 1.807) is 4.90 Å². The van der Waals surface area contributed by atoms with Crippen molar-refractivity contribution in [2.75, 3.05) is 7.05 Å². The Morgan fingerprint density at radius 1 is 1.50 bits per heavy atom. The van der Waals surface area contributed by atoms with Crippen molar-refractivity contribution >= 4 is 11.7 Å². The van der Waals surface area contributed by atoms with Crippen molar-refractivity contribution in [1.82, 2.24) is 4.90 Å². The van der Waals surface area contributed by atoms with Crippen LogP contribution in [-0.4, -0.2) is 34.9 Å². The summed E-state index contributed by atoms with van der Waals surface area (Å²) in [5, 5.41) is 12.0. The zero-order valence-electron chi connectivity index (χ0n) is 11.8. The Kier molecular flexibility index (Phi) is 4.59. The molecule has 5 heteroatoms. The first-order valence-corrected chi connectivity index (χ1v) is 6.68. The first-order chi connectivity index (χ1) is 8.42. The summed E-state index contributed by atoms with van der Waals surface area (Å²) in [7, 11) is 1.81. The summed E-state index contributed by atoms with van der Waals surface area (Å²) in [6.07, 6.45) is 3.18. The van der Waals surface area contributed by atoms with Crippen LogP contribution in [0.5, 0.6) is 0 Å². The van der Waals surface area contributed by atoms with Gasteiger partial charge in [-0.05, 0) is 31.6 Å². The second kappa shape index (κ2) is 5.59. The molecule has 0 radical (unpaired) electrons. The van der Waals surface area contributed by atoms with E-state index in [9.17, 15) is 4.79 Å². The Bertz CT molecular complexity index is 331. The van der Waals surface area contributed by atoms with Crippen LogP contribution in [0.3, 0.4) is 0 Å². The fourth-order valence-corrected chi connectivity index (χ4v) is 3.06. The lowest BCUT2D eigenvalue weighted by Crippen LogP contribution is -2.58. The van der Waals surface area contributed by atoms with Gasteiger partial charge in [-0.1, -0.05) is 25.9 Å². The van der Waals surface area contributed by atoms with Gasteiger partial charge >= 0.3 is 0 Å². The average molecular weight is 255 g/mol. The molecule has 0 unspecified atom stereocenters. The quantitative estimate of drug-likeness (QED) is 0.340. The largest absolute Gasteiger partial charge is 0.409 e. The molecule has 5 nitrogen and oxygen atoms in total. The minimum absolute atomic E-state index is 0.00963. The van der Waals surface area contributed by atoms with Gasteiger partial charge in [-0.25, -0.2) is 0 Å². The minimum atomic E-state index is -0.772. The Hall–Kier alpha value is -1.26. The highest BCUT2D eigenvalue weighted by molar-refractivity contribution is 6.07. The number of oxime groups is 1. The van der Waals surface area contributed by atoms with E-state index in [1.165, 1.54) is 0 Å². The highest BCUT2D eigenvalue weighted by Gasteiger charge is 2.53. The zero-order chi connectivity index (χ0) is 13.9. The molecule has 0 atom stereocenters. The van der Waals surface area contributed by atoms with Crippen LogP contribution in [0.4, 0.5) is 0 Å². The van der Waals surface area contributed by atoms with Crippen molar-refractivity contribution in [1.29, 1.82) is 0 Å². The van der Waals surface area contributed by atoms with Gasteiger partial charge in [-0.3, -0.25) is 4.79 Å². The van der Waals surface area contributed by atoms with Crippen LogP contribution >= 0.6 is 0 Å². The molecule has 0 aliphatic heterocycles. The smallest absolute Gasteiger partial charge is 0.236 e. The summed E-state index contributed by atoms with van der Waals surface area (Å²) in [5.74, 6) is 0.498. The number of nitrogens with zero attached hydrogens (tertiary/aromatic N) is 2. The van der Waals surface area contributed by atoms with E-state index in [0.29, 0.717) is 18.8 Å². The van der Waals surface area contributed by atoms with Gasteiger partial charge in [0.05, 0.1) is 0 Å². The number of hydrogen-bond acceptors (Lipinski definition) is 3. The molecule has 18 heavy (non-hydrogen) atoms. The fraction of sp³-hybridized carbons (Fsp3) is 0.846. The Labute approximate surface area is 109 Å². The molecule has 0 aromatic rings. The minimum Gasteiger partial charge on any atom is -0.409 e. The maximum absolute atomic E-state index is 12.6. The molecule has 3 N–H and O–H groups in total. The first kappa shape index (κ1) is 14.8. The number of carbonyl (C=O) groups is 1. The van der Waals surface area contributed by atoms with Crippen LogP contribution in [-0.2, 0) is 4.79 Å². The Morgan fingerprint density at radius 2 is 2.00 bits per heavy atom. The van der Waals surface area contributed by atoms with Gasteiger partial charge in [0.15, 0.2) is 5.84 Å². The molecule has 1 aliphatic rings. The number of nitrogens with two attached hydrogens (primary N) is 1. The second-order valence-corrected chi connectivity index (χ2v) is 5.47. The van der Waals surface area contributed by atoms with Gasteiger partial charge < -0.3 is 15.8 Å². The second-order valence-electron chi connectivity index (χ2n) is 5.47. The topological polar surface area (TPSA) is 78.9 Å². The van der Waals surface area contributed by atoms with E-state index < -0.39 is 5.41 Å². The van der Waals surface area contributed by atoms with Gasteiger partial charge in [-0.15, -0.1) is 0 Å². The summed E-state index contributed by atoms with van der Waals surface area (Å²) in [6.45, 7) is 6.21. The molecule has 0 aromatic heterocycles. The monoisotopic (exact) mass is 255 g/mol. The van der Waals surface area contributed by atoms with Crippen LogP contribution < -0.4 is 5.73 Å². The number of carbonyl (C=O) groups excluding carboxylic acids is 1. The summed E-state index contributed by atoms with van der Waals surface area (Å²) < 4.78 is 0. The lowest BCUT2D eigenvalue weighted by Gasteiger charge is -2.46. The van der Waals surface area contributed by atoms with Crippen LogP contribution in [0.15, 0.2) is 5.16 Å². The molecular formula is C13H25N3O2. The average Bonchev–Trinajstić information content (AvgIpc) is 2.34. The normalized spacial score (nSPS) is 28.1. The van der Waals surface area contributed by atoms with E-state index in [2.05, 4.69) is 25.9 Å². The number of amidine groups is 1. The van der Waals surface area contributed by atoms with Crippen molar-refractivity contribution in [3.05, 3.63) is 0 Å². The zero-order valence-corrected chi connectivity index (χ0v) is 11.8. The van der Waals surface area contributed by atoms with Crippen molar-refractivity contribution < 1.29 is 10.0 Å². The third kappa shape index (κ3) is 2.31. The fourth-order valence-electron chi connectivity index (χ4n) is 3.06. The molecule has 1 amide bonds. The predicted molar refractivity (Wildman–Crippen MR) is 71.4 cm³/mol. The highest BCUT2D eigenvalue weighted by atomic mass is 16.4. The number of amides is 1. The van der Waals surface area contributed by atoms with Crippen LogP contribution in [0, 0.1) is 11.3 Å². The Balaban J connectivity index is 2.92. The highest BCUT2D eigenvalue weighted by Crippen LogP contribution is 2.47. The first-order valence-electron chi connectivity index (χ1n) is 6.68. The third-order valence-corrected chi connectivity index (χ3v) is 4.21. The van der Waals surface area contributed by atoms with Gasteiger partial charge in [0.2, 0.25) is 5.91 Å². The van der Waals surface area contributed by atoms with Crippen LogP contribution in [0.2, 0.25) is 0 Å². The molecule has 1 saturated carbocycles. The lowest BCUT2D eigenvalue weighted by atomic mass is 9.61. The Morgan fingerprint density at radius 3 is 2.33 bits per heavy atom. The van der Waals surface area contributed by atoms with Crippen molar-refractivity contribution in [3.63, 3.8) is 0 Å². The molecular weight excluding hydrogens is 230 g/mol. The summed E-state index contributed by atoms with van der Waals surface area (Å²) in [4.78, 5) is 14.4. The van der Waals surface area contributed by atoms with Crippen molar-refractivity contribution in [2.45, 2.75) is 52.5 Å². The van der Waals surface area contributed by atoms with Gasteiger partial charge in [-0.2, -0.15) is 0 Å².